The molecule has 353 valence electrons. The summed E-state index contributed by atoms with van der Waals surface area (Å²) in [5, 5.41) is 17.0. The molecule has 20 heteroatoms. The fourth-order valence-electron chi connectivity index (χ4n) is 9.27. The normalized spacial score (nSPS) is 19.3. The van der Waals surface area contributed by atoms with Crippen LogP contribution in [-0.2, 0) is 19.6 Å². The van der Waals surface area contributed by atoms with Crippen molar-refractivity contribution in [1.29, 1.82) is 0 Å². The molecule has 9 rings (SSSR count). The number of nitro groups is 1. The fraction of sp³-hybridized carbons (Fsp3) is 0.375. The van der Waals surface area contributed by atoms with Gasteiger partial charge in [0, 0.05) is 97.5 Å². The smallest absolute Gasteiger partial charge is 0.312 e. The van der Waals surface area contributed by atoms with Gasteiger partial charge in [-0.15, -0.1) is 0 Å². The number of nitrogens with one attached hydrogen (secondary N) is 2. The number of halogens is 1. The van der Waals surface area contributed by atoms with E-state index in [1.165, 1.54) is 29.7 Å². The van der Waals surface area contributed by atoms with Gasteiger partial charge in [0.2, 0.25) is 5.91 Å². The highest BCUT2D eigenvalue weighted by molar-refractivity contribution is 7.90. The first-order valence-corrected chi connectivity index (χ1v) is 24.9. The summed E-state index contributed by atoms with van der Waals surface area (Å²) in [6.45, 7) is 10.9. The van der Waals surface area contributed by atoms with E-state index in [0.717, 1.165) is 67.1 Å². The molecule has 2 fully saturated rings. The predicted octanol–water partition coefficient (Wildman–Crippen LogP) is 6.95. The molecule has 1 aliphatic carbocycles. The number of carbonyl (C=O) groups excluding carboxylic acids is 2. The van der Waals surface area contributed by atoms with Crippen LogP contribution < -0.4 is 14.4 Å². The van der Waals surface area contributed by atoms with Crippen molar-refractivity contribution in [3.63, 3.8) is 0 Å². The van der Waals surface area contributed by atoms with Crippen molar-refractivity contribution in [3.8, 4) is 11.4 Å². The molecule has 0 spiro atoms. The van der Waals surface area contributed by atoms with Crippen molar-refractivity contribution in [2.24, 2.45) is 5.41 Å². The molecular weight excluding hydrogens is 926 g/mol. The number of pyridine rings is 1. The van der Waals surface area contributed by atoms with Crippen LogP contribution >= 0.6 is 11.6 Å². The molecule has 0 bridgehead atoms. The number of nitro benzene ring substituents is 1. The van der Waals surface area contributed by atoms with Crippen molar-refractivity contribution < 1.29 is 32.4 Å². The number of benzene rings is 3. The number of rotatable bonds is 12. The van der Waals surface area contributed by atoms with Crippen molar-refractivity contribution in [3.05, 3.63) is 117 Å². The summed E-state index contributed by atoms with van der Waals surface area (Å²) < 4.78 is 43.4. The molecular formula is C48H51ClN9O8SSi. The number of anilines is 1. The average molecular weight is 978 g/mol. The number of amides is 2. The zero-order chi connectivity index (χ0) is 47.9. The van der Waals surface area contributed by atoms with Crippen LogP contribution in [0.4, 0.5) is 11.4 Å². The summed E-state index contributed by atoms with van der Waals surface area (Å²) in [6, 6.07) is 20.3. The first-order valence-electron chi connectivity index (χ1n) is 22.5. The van der Waals surface area contributed by atoms with E-state index < -0.39 is 37.5 Å². The number of aromatic amines is 1. The lowest BCUT2D eigenvalue weighted by molar-refractivity contribution is -0.386. The third-order valence-corrected chi connectivity index (χ3v) is 15.3. The second-order valence-electron chi connectivity index (χ2n) is 18.4. The summed E-state index contributed by atoms with van der Waals surface area (Å²) in [6.07, 6.45) is 5.95. The number of carbonyl (C=O) groups is 2. The lowest BCUT2D eigenvalue weighted by Crippen LogP contribution is -2.47. The van der Waals surface area contributed by atoms with E-state index in [2.05, 4.69) is 65.8 Å². The van der Waals surface area contributed by atoms with E-state index in [-0.39, 0.29) is 41.4 Å². The van der Waals surface area contributed by atoms with Crippen molar-refractivity contribution in [2.45, 2.75) is 56.6 Å². The molecule has 3 aliphatic rings. The van der Waals surface area contributed by atoms with Gasteiger partial charge in [-0.2, -0.15) is 0 Å². The van der Waals surface area contributed by atoms with Gasteiger partial charge in [-0.05, 0) is 96.0 Å². The molecule has 6 aromatic rings. The Kier molecular flexibility index (Phi) is 13.2. The van der Waals surface area contributed by atoms with Crippen molar-refractivity contribution in [1.82, 2.24) is 34.3 Å². The highest BCUT2D eigenvalue weighted by Gasteiger charge is 2.32. The van der Waals surface area contributed by atoms with Crippen LogP contribution in [0.25, 0.3) is 33.3 Å². The van der Waals surface area contributed by atoms with E-state index in [9.17, 15) is 28.1 Å². The highest BCUT2D eigenvalue weighted by Crippen LogP contribution is 2.43. The topological polar surface area (TPSA) is 198 Å². The van der Waals surface area contributed by atoms with Gasteiger partial charge in [-0.1, -0.05) is 43.2 Å². The monoisotopic (exact) mass is 976 g/mol. The van der Waals surface area contributed by atoms with Gasteiger partial charge in [0.25, 0.3) is 15.9 Å². The predicted molar refractivity (Wildman–Crippen MR) is 260 cm³/mol. The Morgan fingerprint density at radius 2 is 1.82 bits per heavy atom. The standard InChI is InChI=1S/C48H51ClN9O8SSi/c1-30(59)56-20-21-65-44(45(68)28-56)29-66-43-11-9-36(24-42(43)58(61)62)67(63,64)53-47(60)37-10-8-35(23-40(37)57-41-22-32-13-15-50-46(32)52-39(41)26-51-57)55-18-16-54(17-19-55)27-33-12-14-48(2,3)25-38(33)31-4-6-34(49)7-5-31/h4-11,13,15,22-24,26,44-45,51H,12,14,16-21,25,27-29H2,1-3H3,(H,53,60)/t44-,45?/m1/s1. The first-order chi connectivity index (χ1) is 32.5. The summed E-state index contributed by atoms with van der Waals surface area (Å²) >= 11 is 6.26. The molecule has 3 radical (unpaired) electrons. The molecule has 1 unspecified atom stereocenters. The maximum absolute atomic E-state index is 14.3. The second kappa shape index (κ2) is 19.1. The molecule has 17 nitrogen and oxygen atoms in total. The number of allylic oxidation sites excluding steroid dienone is 1. The molecule has 2 saturated heterocycles. The SMILES string of the molecule is CC(=O)N1CCO[C@H](COc2ccc(S(=O)(=O)NC(=O)c3ccc(N4CCN(CC5=C(c6ccc(Cl)cc6)CC(C)(C)CC5)CC4)cc3-n3[nH]cc4nc5nccc5cc43)cc2[N+](=O)[O-])C([Si])C1. The lowest BCUT2D eigenvalue weighted by atomic mass is 9.72. The second-order valence-corrected chi connectivity index (χ2v) is 21.2. The average Bonchev–Trinajstić information content (AvgIpc) is 3.90. The third-order valence-electron chi connectivity index (χ3n) is 13.1. The highest BCUT2D eigenvalue weighted by atomic mass is 35.5. The zero-order valence-electron chi connectivity index (χ0n) is 37.9. The van der Waals surface area contributed by atoms with Gasteiger partial charge in [-0.25, -0.2) is 23.1 Å². The van der Waals surface area contributed by atoms with E-state index in [1.54, 1.807) is 34.1 Å². The Bertz CT molecular complexity index is 3060. The lowest BCUT2D eigenvalue weighted by Gasteiger charge is -2.39. The zero-order valence-corrected chi connectivity index (χ0v) is 40.5. The number of H-pyrrole nitrogens is 1. The van der Waals surface area contributed by atoms with Gasteiger partial charge in [0.1, 0.15) is 12.1 Å². The van der Waals surface area contributed by atoms with Crippen LogP contribution in [-0.4, -0.2) is 130 Å². The van der Waals surface area contributed by atoms with Gasteiger partial charge >= 0.3 is 5.69 Å². The van der Waals surface area contributed by atoms with Crippen LogP contribution in [0.3, 0.4) is 0 Å². The van der Waals surface area contributed by atoms with E-state index in [0.29, 0.717) is 48.5 Å². The summed E-state index contributed by atoms with van der Waals surface area (Å²) in [5.41, 5.74) is 6.34. The quantitative estimate of drug-likeness (QED) is 0.0728. The molecule has 2 N–H and O–H groups in total. The molecule has 2 amide bonds. The first kappa shape index (κ1) is 47.0. The van der Waals surface area contributed by atoms with E-state index in [4.69, 9.17) is 21.1 Å². The summed E-state index contributed by atoms with van der Waals surface area (Å²) in [5.74, 6) is -1.25. The maximum atomic E-state index is 14.3. The number of sulfonamides is 1. The minimum atomic E-state index is -4.67. The molecule has 3 aromatic carbocycles. The van der Waals surface area contributed by atoms with Crippen LogP contribution in [0.1, 0.15) is 56.0 Å². The number of aromatic nitrogens is 4. The van der Waals surface area contributed by atoms with Crippen molar-refractivity contribution >= 4 is 82.7 Å². The summed E-state index contributed by atoms with van der Waals surface area (Å²) in [4.78, 5) is 52.6. The number of hydrogen-bond donors (Lipinski definition) is 2. The number of ether oxygens (including phenoxy) is 2. The molecule has 5 heterocycles. The number of fused-ring (bicyclic) bond motifs is 2. The third kappa shape index (κ3) is 10.0. The van der Waals surface area contributed by atoms with Crippen molar-refractivity contribution in [2.75, 3.05) is 63.9 Å². The largest absolute Gasteiger partial charge is 0.484 e. The van der Waals surface area contributed by atoms with Gasteiger partial charge in [0.05, 0.1) is 39.3 Å². The Balaban J connectivity index is 0.958. The maximum Gasteiger partial charge on any atom is 0.312 e. The van der Waals surface area contributed by atoms with Crippen LogP contribution in [0.2, 0.25) is 10.6 Å². The summed E-state index contributed by atoms with van der Waals surface area (Å²) in [7, 11) is -1.07. The Morgan fingerprint density at radius 1 is 1.04 bits per heavy atom. The van der Waals surface area contributed by atoms with Gasteiger partial charge in [0.15, 0.2) is 11.4 Å². The molecule has 0 saturated carbocycles. The Labute approximate surface area is 402 Å². The minimum absolute atomic E-state index is 0.0256. The molecule has 2 atom stereocenters. The molecule has 2 aliphatic heterocycles. The number of nitrogens with zero attached hydrogens (tertiary/aromatic N) is 7. The van der Waals surface area contributed by atoms with Crippen LogP contribution in [0, 0.1) is 15.5 Å². The van der Waals surface area contributed by atoms with Crippen LogP contribution in [0.5, 0.6) is 5.75 Å². The molecule has 3 aromatic heterocycles. The van der Waals surface area contributed by atoms with Gasteiger partial charge in [-0.3, -0.25) is 34.4 Å². The van der Waals surface area contributed by atoms with E-state index in [1.807, 2.05) is 30.3 Å². The number of piperazine rings is 1. The Morgan fingerprint density at radius 3 is 2.57 bits per heavy atom. The molecule has 68 heavy (non-hydrogen) atoms. The fourth-order valence-corrected chi connectivity index (χ4v) is 10.8. The Hall–Kier alpha value is -6.12. The number of hydrogen-bond acceptors (Lipinski definition) is 12. The van der Waals surface area contributed by atoms with E-state index >= 15 is 0 Å². The minimum Gasteiger partial charge on any atom is -0.484 e. The van der Waals surface area contributed by atoms with Gasteiger partial charge < -0.3 is 19.3 Å². The van der Waals surface area contributed by atoms with Crippen LogP contribution in [0.15, 0.2) is 95.7 Å².